The molecule has 1 amide bonds. The molecular formula is C16H21N3O2. The van der Waals surface area contributed by atoms with Gasteiger partial charge in [0, 0.05) is 17.3 Å². The van der Waals surface area contributed by atoms with Crippen molar-refractivity contribution in [2.24, 2.45) is 0 Å². The van der Waals surface area contributed by atoms with Crippen molar-refractivity contribution in [3.8, 4) is 0 Å². The predicted octanol–water partition coefficient (Wildman–Crippen LogP) is 2.97. The lowest BCUT2D eigenvalue weighted by atomic mass is 10.0. The van der Waals surface area contributed by atoms with Crippen LogP contribution in [0.25, 0.3) is 0 Å². The molecular weight excluding hydrogens is 266 g/mol. The third kappa shape index (κ3) is 3.92. The number of para-hydroxylation sites is 1. The van der Waals surface area contributed by atoms with E-state index in [1.165, 1.54) is 0 Å². The second-order valence-electron chi connectivity index (χ2n) is 4.99. The van der Waals surface area contributed by atoms with E-state index in [0.29, 0.717) is 0 Å². The van der Waals surface area contributed by atoms with Crippen molar-refractivity contribution >= 4 is 11.6 Å². The summed E-state index contributed by atoms with van der Waals surface area (Å²) >= 11 is 0. The highest BCUT2D eigenvalue weighted by Crippen LogP contribution is 2.23. The van der Waals surface area contributed by atoms with Crippen LogP contribution in [0.5, 0.6) is 0 Å². The van der Waals surface area contributed by atoms with Gasteiger partial charge in [0.1, 0.15) is 5.76 Å². The minimum Gasteiger partial charge on any atom is -0.361 e. The first-order valence-electron chi connectivity index (χ1n) is 7.12. The molecule has 0 fully saturated rings. The summed E-state index contributed by atoms with van der Waals surface area (Å²) in [5.41, 5.74) is 2.72. The van der Waals surface area contributed by atoms with Crippen LogP contribution in [0.15, 0.2) is 34.9 Å². The van der Waals surface area contributed by atoms with Crippen LogP contribution in [-0.2, 0) is 4.79 Å². The molecule has 0 aliphatic carbocycles. The van der Waals surface area contributed by atoms with Gasteiger partial charge in [-0.3, -0.25) is 4.79 Å². The first-order valence-corrected chi connectivity index (χ1v) is 7.12. The number of hydrogen-bond donors (Lipinski definition) is 2. The van der Waals surface area contributed by atoms with Crippen LogP contribution in [0.4, 0.5) is 5.69 Å². The molecule has 0 saturated carbocycles. The lowest BCUT2D eigenvalue weighted by molar-refractivity contribution is -0.115. The largest absolute Gasteiger partial charge is 0.361 e. The Bertz CT molecular complexity index is 573. The standard InChI is InChI=1S/C16H21N3O2/c1-4-14(16-11(2)19-21-12(16)3)17-10-15(20)18-13-8-6-5-7-9-13/h5-9,14,17H,4,10H2,1-3H3,(H,18,20)/t14-/m1/s1. The Morgan fingerprint density at radius 1 is 1.29 bits per heavy atom. The van der Waals surface area contributed by atoms with E-state index in [4.69, 9.17) is 4.52 Å². The van der Waals surface area contributed by atoms with E-state index in [-0.39, 0.29) is 18.5 Å². The highest BCUT2D eigenvalue weighted by atomic mass is 16.5. The van der Waals surface area contributed by atoms with Crippen molar-refractivity contribution in [3.05, 3.63) is 47.3 Å². The molecule has 0 spiro atoms. The minimum absolute atomic E-state index is 0.0635. The summed E-state index contributed by atoms with van der Waals surface area (Å²) in [5, 5.41) is 10.1. The zero-order chi connectivity index (χ0) is 15.2. The summed E-state index contributed by atoms with van der Waals surface area (Å²) < 4.78 is 5.19. The average molecular weight is 287 g/mol. The molecule has 112 valence electrons. The molecule has 0 bridgehead atoms. The number of anilines is 1. The van der Waals surface area contributed by atoms with Crippen molar-refractivity contribution in [2.45, 2.75) is 33.2 Å². The van der Waals surface area contributed by atoms with E-state index in [1.807, 2.05) is 44.2 Å². The first-order chi connectivity index (χ1) is 10.1. The molecule has 1 aromatic carbocycles. The number of aromatic nitrogens is 1. The monoisotopic (exact) mass is 287 g/mol. The molecule has 5 nitrogen and oxygen atoms in total. The summed E-state index contributed by atoms with van der Waals surface area (Å²) in [5.74, 6) is 0.738. The number of aryl methyl sites for hydroxylation is 2. The van der Waals surface area contributed by atoms with Gasteiger partial charge < -0.3 is 15.2 Å². The normalized spacial score (nSPS) is 12.1. The average Bonchev–Trinajstić information content (AvgIpc) is 2.81. The second-order valence-corrected chi connectivity index (χ2v) is 4.99. The van der Waals surface area contributed by atoms with Crippen LogP contribution in [0, 0.1) is 13.8 Å². The van der Waals surface area contributed by atoms with Gasteiger partial charge in [-0.05, 0) is 32.4 Å². The van der Waals surface area contributed by atoms with E-state index in [0.717, 1.165) is 29.1 Å². The van der Waals surface area contributed by atoms with Crippen molar-refractivity contribution in [1.29, 1.82) is 0 Å². The van der Waals surface area contributed by atoms with Gasteiger partial charge in [0.05, 0.1) is 12.2 Å². The van der Waals surface area contributed by atoms with Gasteiger partial charge in [-0.25, -0.2) is 0 Å². The number of rotatable bonds is 6. The number of nitrogens with one attached hydrogen (secondary N) is 2. The predicted molar refractivity (Wildman–Crippen MR) is 82.1 cm³/mol. The highest BCUT2D eigenvalue weighted by Gasteiger charge is 2.19. The molecule has 21 heavy (non-hydrogen) atoms. The molecule has 2 aromatic rings. The Balaban J connectivity index is 1.93. The number of carbonyl (C=O) groups is 1. The van der Waals surface area contributed by atoms with E-state index < -0.39 is 0 Å². The number of hydrogen-bond acceptors (Lipinski definition) is 4. The van der Waals surface area contributed by atoms with Crippen LogP contribution in [0.1, 0.15) is 36.4 Å². The van der Waals surface area contributed by atoms with E-state index in [2.05, 4.69) is 22.7 Å². The number of nitrogens with zero attached hydrogens (tertiary/aromatic N) is 1. The van der Waals surface area contributed by atoms with Crippen molar-refractivity contribution < 1.29 is 9.32 Å². The lowest BCUT2D eigenvalue weighted by Gasteiger charge is -2.16. The molecule has 1 aromatic heterocycles. The molecule has 0 aliphatic rings. The maximum Gasteiger partial charge on any atom is 0.238 e. The molecule has 0 saturated heterocycles. The van der Waals surface area contributed by atoms with Gasteiger partial charge in [0.15, 0.2) is 0 Å². The number of carbonyl (C=O) groups excluding carboxylic acids is 1. The van der Waals surface area contributed by atoms with Gasteiger partial charge in [-0.15, -0.1) is 0 Å². The topological polar surface area (TPSA) is 67.2 Å². The quantitative estimate of drug-likeness (QED) is 0.857. The van der Waals surface area contributed by atoms with Gasteiger partial charge in [0.25, 0.3) is 0 Å². The molecule has 5 heteroatoms. The third-order valence-corrected chi connectivity index (χ3v) is 3.41. The maximum absolute atomic E-state index is 12.0. The van der Waals surface area contributed by atoms with Gasteiger partial charge >= 0.3 is 0 Å². The molecule has 1 atom stereocenters. The van der Waals surface area contributed by atoms with Gasteiger partial charge in [-0.2, -0.15) is 0 Å². The number of amides is 1. The Hall–Kier alpha value is -2.14. The Kier molecular flexibility index (Phi) is 5.11. The second kappa shape index (κ2) is 7.04. The Labute approximate surface area is 124 Å². The fourth-order valence-corrected chi connectivity index (χ4v) is 2.38. The van der Waals surface area contributed by atoms with Crippen molar-refractivity contribution in [1.82, 2.24) is 10.5 Å². The summed E-state index contributed by atoms with van der Waals surface area (Å²) in [6, 6.07) is 9.49. The van der Waals surface area contributed by atoms with Crippen LogP contribution < -0.4 is 10.6 Å². The zero-order valence-electron chi connectivity index (χ0n) is 12.6. The van der Waals surface area contributed by atoms with Crippen molar-refractivity contribution in [2.75, 3.05) is 11.9 Å². The van der Waals surface area contributed by atoms with E-state index in [9.17, 15) is 4.79 Å². The molecule has 1 heterocycles. The zero-order valence-corrected chi connectivity index (χ0v) is 12.6. The van der Waals surface area contributed by atoms with Crippen LogP contribution in [-0.4, -0.2) is 17.6 Å². The molecule has 2 N–H and O–H groups in total. The van der Waals surface area contributed by atoms with Crippen LogP contribution >= 0.6 is 0 Å². The SMILES string of the molecule is CC[C@@H](NCC(=O)Nc1ccccc1)c1c(C)noc1C. The summed E-state index contributed by atoms with van der Waals surface area (Å²) in [4.78, 5) is 12.0. The highest BCUT2D eigenvalue weighted by molar-refractivity contribution is 5.92. The third-order valence-electron chi connectivity index (χ3n) is 3.41. The summed E-state index contributed by atoms with van der Waals surface area (Å²) in [6.07, 6.45) is 0.863. The molecule has 2 rings (SSSR count). The minimum atomic E-state index is -0.0635. The van der Waals surface area contributed by atoms with Gasteiger partial charge in [0.2, 0.25) is 5.91 Å². The fourth-order valence-electron chi connectivity index (χ4n) is 2.38. The van der Waals surface area contributed by atoms with E-state index >= 15 is 0 Å². The maximum atomic E-state index is 12.0. The Morgan fingerprint density at radius 3 is 2.57 bits per heavy atom. The number of benzene rings is 1. The fraction of sp³-hybridized carbons (Fsp3) is 0.375. The van der Waals surface area contributed by atoms with Gasteiger partial charge in [-0.1, -0.05) is 30.3 Å². The molecule has 0 unspecified atom stereocenters. The smallest absolute Gasteiger partial charge is 0.238 e. The van der Waals surface area contributed by atoms with Crippen LogP contribution in [0.2, 0.25) is 0 Å². The summed E-state index contributed by atoms with van der Waals surface area (Å²) in [6.45, 7) is 6.13. The summed E-state index contributed by atoms with van der Waals surface area (Å²) in [7, 11) is 0. The van der Waals surface area contributed by atoms with Crippen molar-refractivity contribution in [3.63, 3.8) is 0 Å². The lowest BCUT2D eigenvalue weighted by Crippen LogP contribution is -2.31. The molecule has 0 radical (unpaired) electrons. The molecule has 0 aliphatic heterocycles. The van der Waals surface area contributed by atoms with E-state index in [1.54, 1.807) is 0 Å². The first kappa shape index (κ1) is 15.3. The Morgan fingerprint density at radius 2 is 2.00 bits per heavy atom. The van der Waals surface area contributed by atoms with Crippen LogP contribution in [0.3, 0.4) is 0 Å².